The number of alkyl halides is 3. The molecule has 9 heteroatoms. The number of aromatic nitrogens is 2. The molecular weight excluding hydrogens is 415 g/mol. The zero-order chi connectivity index (χ0) is 21.3. The summed E-state index contributed by atoms with van der Waals surface area (Å²) in [6, 6.07) is 12.9. The van der Waals surface area contributed by atoms with Crippen molar-refractivity contribution in [3.8, 4) is 22.4 Å². The molecule has 30 heavy (non-hydrogen) atoms. The molecule has 0 fully saturated rings. The minimum Gasteiger partial charge on any atom is -0.392 e. The number of aliphatic hydroxyl groups excluding tert-OH is 1. The highest BCUT2D eigenvalue weighted by Gasteiger charge is 2.28. The summed E-state index contributed by atoms with van der Waals surface area (Å²) in [5.74, 6) is -0.757. The first-order valence-electron chi connectivity index (χ1n) is 8.95. The summed E-state index contributed by atoms with van der Waals surface area (Å²) < 4.78 is 36.8. The lowest BCUT2D eigenvalue weighted by Crippen LogP contribution is -2.33. The third kappa shape index (κ3) is 4.37. The molecular formula is C21H16F3N3O2S. The van der Waals surface area contributed by atoms with Crippen LogP contribution in [0.2, 0.25) is 0 Å². The van der Waals surface area contributed by atoms with Gasteiger partial charge in [-0.05, 0) is 40.3 Å². The summed E-state index contributed by atoms with van der Waals surface area (Å²) in [4.78, 5) is 19.8. The monoisotopic (exact) mass is 431 g/mol. The van der Waals surface area contributed by atoms with Gasteiger partial charge in [0, 0.05) is 22.8 Å². The van der Waals surface area contributed by atoms with Gasteiger partial charge in [0.25, 0.3) is 5.91 Å². The summed E-state index contributed by atoms with van der Waals surface area (Å²) in [5.41, 5.74) is 4.81. The first-order chi connectivity index (χ1) is 14.3. The summed E-state index contributed by atoms with van der Waals surface area (Å²) in [6.45, 7) is -1.38. The topological polar surface area (TPSA) is 78.0 Å². The highest BCUT2D eigenvalue weighted by molar-refractivity contribution is 7.12. The minimum atomic E-state index is -4.45. The van der Waals surface area contributed by atoms with E-state index in [1.807, 2.05) is 41.7 Å². The molecule has 3 heterocycles. The van der Waals surface area contributed by atoms with Gasteiger partial charge < -0.3 is 15.4 Å². The van der Waals surface area contributed by atoms with Crippen molar-refractivity contribution in [2.45, 2.75) is 12.8 Å². The normalized spacial score (nSPS) is 11.7. The van der Waals surface area contributed by atoms with E-state index in [0.717, 1.165) is 39.1 Å². The van der Waals surface area contributed by atoms with Crippen molar-refractivity contribution in [1.82, 2.24) is 15.3 Å². The van der Waals surface area contributed by atoms with Crippen LogP contribution >= 0.6 is 11.3 Å². The van der Waals surface area contributed by atoms with Crippen LogP contribution in [0.15, 0.2) is 54.0 Å². The summed E-state index contributed by atoms with van der Waals surface area (Å²) >= 11 is 1.08. The van der Waals surface area contributed by atoms with Crippen LogP contribution in [0.3, 0.4) is 0 Å². The molecule has 4 aromatic rings. The molecule has 0 spiro atoms. The number of aliphatic hydroxyl groups is 1. The van der Waals surface area contributed by atoms with Gasteiger partial charge in [0.15, 0.2) is 0 Å². The zero-order valence-corrected chi connectivity index (χ0v) is 16.3. The number of fused-ring (bicyclic) bond motifs is 1. The summed E-state index contributed by atoms with van der Waals surface area (Å²) in [7, 11) is 0. The largest absolute Gasteiger partial charge is 0.405 e. The van der Waals surface area contributed by atoms with Crippen LogP contribution in [0.4, 0.5) is 13.2 Å². The molecule has 0 aliphatic rings. The minimum absolute atomic E-state index is 0.0191. The van der Waals surface area contributed by atoms with E-state index in [1.54, 1.807) is 17.6 Å². The second-order valence-electron chi connectivity index (χ2n) is 6.70. The van der Waals surface area contributed by atoms with E-state index >= 15 is 0 Å². The summed E-state index contributed by atoms with van der Waals surface area (Å²) in [5, 5.41) is 13.6. The molecule has 4 rings (SSSR count). The van der Waals surface area contributed by atoms with Gasteiger partial charge in [0.05, 0.1) is 11.5 Å². The smallest absolute Gasteiger partial charge is 0.392 e. The predicted molar refractivity (Wildman–Crippen MR) is 109 cm³/mol. The van der Waals surface area contributed by atoms with Crippen molar-refractivity contribution in [2.75, 3.05) is 6.54 Å². The SMILES string of the molecule is O=C(NCC(F)(F)F)c1cc(-c2cnc3[nH]c(-c4ccc(CO)cc4)cc3c2)cs1. The number of halogens is 3. The van der Waals surface area contributed by atoms with E-state index in [4.69, 9.17) is 5.11 Å². The lowest BCUT2D eigenvalue weighted by molar-refractivity contribution is -0.123. The van der Waals surface area contributed by atoms with Crippen molar-refractivity contribution < 1.29 is 23.1 Å². The van der Waals surface area contributed by atoms with Gasteiger partial charge in [-0.15, -0.1) is 11.3 Å². The number of hydrogen-bond acceptors (Lipinski definition) is 4. The Labute approximate surface area is 173 Å². The quantitative estimate of drug-likeness (QED) is 0.427. The van der Waals surface area contributed by atoms with E-state index < -0.39 is 18.6 Å². The fourth-order valence-corrected chi connectivity index (χ4v) is 3.83. The van der Waals surface area contributed by atoms with Gasteiger partial charge in [-0.1, -0.05) is 24.3 Å². The third-order valence-electron chi connectivity index (χ3n) is 4.52. The number of nitrogens with one attached hydrogen (secondary N) is 2. The molecule has 0 saturated heterocycles. The molecule has 0 bridgehead atoms. The lowest BCUT2D eigenvalue weighted by atomic mass is 10.1. The average Bonchev–Trinajstić information content (AvgIpc) is 3.38. The number of rotatable bonds is 5. The first kappa shape index (κ1) is 20.1. The molecule has 0 atom stereocenters. The molecule has 3 aromatic heterocycles. The zero-order valence-electron chi connectivity index (χ0n) is 15.5. The number of carbonyl (C=O) groups is 1. The molecule has 1 amide bonds. The maximum Gasteiger partial charge on any atom is 0.405 e. The maximum atomic E-state index is 12.3. The number of nitrogens with zero attached hydrogens (tertiary/aromatic N) is 1. The van der Waals surface area contributed by atoms with Crippen LogP contribution in [0.5, 0.6) is 0 Å². The molecule has 154 valence electrons. The Morgan fingerprint density at radius 1 is 1.10 bits per heavy atom. The van der Waals surface area contributed by atoms with Crippen LogP contribution in [-0.2, 0) is 6.61 Å². The number of benzene rings is 1. The Morgan fingerprint density at radius 2 is 1.87 bits per heavy atom. The van der Waals surface area contributed by atoms with Crippen molar-refractivity contribution in [2.24, 2.45) is 0 Å². The number of carbonyl (C=O) groups excluding carboxylic acids is 1. The average molecular weight is 431 g/mol. The van der Waals surface area contributed by atoms with E-state index in [9.17, 15) is 18.0 Å². The maximum absolute atomic E-state index is 12.3. The van der Waals surface area contributed by atoms with Gasteiger partial charge in [-0.3, -0.25) is 4.79 Å². The number of thiophene rings is 1. The van der Waals surface area contributed by atoms with Crippen molar-refractivity contribution in [3.05, 3.63) is 64.5 Å². The second kappa shape index (κ2) is 7.92. The van der Waals surface area contributed by atoms with Crippen LogP contribution in [0.1, 0.15) is 15.2 Å². The third-order valence-corrected chi connectivity index (χ3v) is 5.45. The van der Waals surface area contributed by atoms with Gasteiger partial charge in [0.1, 0.15) is 12.2 Å². The fourth-order valence-electron chi connectivity index (χ4n) is 2.99. The van der Waals surface area contributed by atoms with E-state index in [2.05, 4.69) is 9.97 Å². The van der Waals surface area contributed by atoms with Crippen LogP contribution < -0.4 is 5.32 Å². The molecule has 1 aromatic carbocycles. The lowest BCUT2D eigenvalue weighted by Gasteiger charge is -2.06. The van der Waals surface area contributed by atoms with Crippen molar-refractivity contribution >= 4 is 28.3 Å². The standard InChI is InChI=1S/C21H16F3N3O2S/c22-21(23,24)11-26-20(29)18-7-16(10-30-18)15-5-14-6-17(27-19(14)25-8-15)13-3-1-12(9-28)2-4-13/h1-8,10,28H,9,11H2,(H,25,27)(H,26,29). The Morgan fingerprint density at radius 3 is 2.57 bits per heavy atom. The van der Waals surface area contributed by atoms with E-state index in [0.29, 0.717) is 11.2 Å². The van der Waals surface area contributed by atoms with Gasteiger partial charge >= 0.3 is 6.18 Å². The molecule has 3 N–H and O–H groups in total. The molecule has 0 aliphatic carbocycles. The van der Waals surface area contributed by atoms with Gasteiger partial charge in [-0.25, -0.2) is 4.98 Å². The first-order valence-corrected chi connectivity index (χ1v) is 9.83. The van der Waals surface area contributed by atoms with Gasteiger partial charge in [-0.2, -0.15) is 13.2 Å². The van der Waals surface area contributed by atoms with Crippen molar-refractivity contribution in [3.63, 3.8) is 0 Å². The van der Waals surface area contributed by atoms with Gasteiger partial charge in [0.2, 0.25) is 0 Å². The molecule has 0 unspecified atom stereocenters. The molecule has 0 aliphatic heterocycles. The number of aromatic amines is 1. The second-order valence-corrected chi connectivity index (χ2v) is 7.61. The number of H-pyrrole nitrogens is 1. The van der Waals surface area contributed by atoms with Crippen LogP contribution in [0, 0.1) is 0 Å². The molecule has 0 saturated carbocycles. The number of amides is 1. The highest BCUT2D eigenvalue weighted by Crippen LogP contribution is 2.30. The Bertz CT molecular complexity index is 1200. The van der Waals surface area contributed by atoms with Crippen LogP contribution in [0.25, 0.3) is 33.4 Å². The predicted octanol–water partition coefficient (Wildman–Crippen LogP) is 4.74. The molecule has 0 radical (unpaired) electrons. The Kier molecular flexibility index (Phi) is 5.31. The van der Waals surface area contributed by atoms with Crippen LogP contribution in [-0.4, -0.2) is 33.7 Å². The number of pyridine rings is 1. The van der Waals surface area contributed by atoms with E-state index in [1.165, 1.54) is 0 Å². The highest BCUT2D eigenvalue weighted by atomic mass is 32.1. The fraction of sp³-hybridized carbons (Fsp3) is 0.143. The Hall–Kier alpha value is -3.17. The Balaban J connectivity index is 1.56. The number of hydrogen-bond donors (Lipinski definition) is 3. The summed E-state index contributed by atoms with van der Waals surface area (Å²) in [6.07, 6.45) is -2.80. The van der Waals surface area contributed by atoms with Crippen molar-refractivity contribution in [1.29, 1.82) is 0 Å². The molecule has 5 nitrogen and oxygen atoms in total. The van der Waals surface area contributed by atoms with E-state index in [-0.39, 0.29) is 11.5 Å².